The zero-order chi connectivity index (χ0) is 9.97. The Kier molecular flexibility index (Phi) is 2.69. The molecule has 1 saturated heterocycles. The van der Waals surface area contributed by atoms with Crippen molar-refractivity contribution in [3.63, 3.8) is 0 Å². The summed E-state index contributed by atoms with van der Waals surface area (Å²) in [5.41, 5.74) is 0.334. The first-order chi connectivity index (χ1) is 6.79. The molecule has 1 aromatic heterocycles. The number of rotatable bonds is 1. The molecule has 0 aliphatic carbocycles. The van der Waals surface area contributed by atoms with Crippen molar-refractivity contribution in [2.45, 2.75) is 0 Å². The van der Waals surface area contributed by atoms with Gasteiger partial charge in [0.05, 0.1) is 13.2 Å². The first kappa shape index (κ1) is 9.48. The number of H-pyrrole nitrogens is 1. The third-order valence-electron chi connectivity index (χ3n) is 2.14. The molecule has 6 heteroatoms. The fourth-order valence-corrected chi connectivity index (χ4v) is 1.56. The van der Waals surface area contributed by atoms with Gasteiger partial charge in [-0.05, 0) is 0 Å². The van der Waals surface area contributed by atoms with Gasteiger partial charge in [0, 0.05) is 19.3 Å². The fourth-order valence-electron chi connectivity index (χ4n) is 1.41. The van der Waals surface area contributed by atoms with E-state index in [1.807, 2.05) is 4.90 Å². The second kappa shape index (κ2) is 3.98. The Morgan fingerprint density at radius 3 is 2.93 bits per heavy atom. The molecule has 1 aliphatic heterocycles. The molecule has 0 amide bonds. The van der Waals surface area contributed by atoms with Crippen LogP contribution in [-0.4, -0.2) is 36.5 Å². The lowest BCUT2D eigenvalue weighted by Gasteiger charge is -2.27. The number of aromatic nitrogens is 2. The number of hydrogen-bond donors (Lipinski definition) is 1. The summed E-state index contributed by atoms with van der Waals surface area (Å²) in [6.07, 6.45) is 1.57. The Balaban J connectivity index is 2.31. The number of halogens is 1. The Bertz CT molecular complexity index is 373. The van der Waals surface area contributed by atoms with Gasteiger partial charge in [0.15, 0.2) is 5.15 Å². The van der Waals surface area contributed by atoms with Crippen molar-refractivity contribution in [1.82, 2.24) is 10.2 Å². The number of ether oxygens (including phenoxy) is 1. The van der Waals surface area contributed by atoms with Gasteiger partial charge in [0.25, 0.3) is 0 Å². The van der Waals surface area contributed by atoms with Crippen molar-refractivity contribution in [1.29, 1.82) is 0 Å². The molecule has 0 saturated carbocycles. The Morgan fingerprint density at radius 2 is 2.21 bits per heavy atom. The van der Waals surface area contributed by atoms with Crippen molar-refractivity contribution in [3.05, 3.63) is 21.6 Å². The highest BCUT2D eigenvalue weighted by atomic mass is 35.5. The van der Waals surface area contributed by atoms with E-state index in [0.29, 0.717) is 32.0 Å². The quantitative estimate of drug-likeness (QED) is 0.730. The summed E-state index contributed by atoms with van der Waals surface area (Å²) >= 11 is 5.62. The molecule has 0 atom stereocenters. The monoisotopic (exact) mass is 215 g/mol. The molecular formula is C8H10ClN3O2. The minimum absolute atomic E-state index is 0.0195. The molecule has 14 heavy (non-hydrogen) atoms. The van der Waals surface area contributed by atoms with E-state index >= 15 is 0 Å². The SMILES string of the molecule is O=c1c(N2CCOCC2)c[nH]nc1Cl. The summed E-state index contributed by atoms with van der Waals surface area (Å²) in [7, 11) is 0. The summed E-state index contributed by atoms with van der Waals surface area (Å²) in [5.74, 6) is 0. The van der Waals surface area contributed by atoms with Crippen molar-refractivity contribution >= 4 is 17.3 Å². The van der Waals surface area contributed by atoms with Crippen molar-refractivity contribution in [2.24, 2.45) is 0 Å². The number of nitrogens with one attached hydrogen (secondary N) is 1. The van der Waals surface area contributed by atoms with Crippen LogP contribution in [0.1, 0.15) is 0 Å². The molecule has 0 spiro atoms. The first-order valence-corrected chi connectivity index (χ1v) is 4.73. The third-order valence-corrected chi connectivity index (χ3v) is 2.39. The van der Waals surface area contributed by atoms with Crippen LogP contribution in [-0.2, 0) is 4.74 Å². The van der Waals surface area contributed by atoms with Gasteiger partial charge in [-0.15, -0.1) is 0 Å². The van der Waals surface area contributed by atoms with Gasteiger partial charge in [-0.1, -0.05) is 11.6 Å². The summed E-state index contributed by atoms with van der Waals surface area (Å²) in [5, 5.41) is 6.19. The maximum Gasteiger partial charge on any atom is 0.242 e. The Morgan fingerprint density at radius 1 is 1.50 bits per heavy atom. The highest BCUT2D eigenvalue weighted by molar-refractivity contribution is 6.29. The van der Waals surface area contributed by atoms with E-state index in [1.165, 1.54) is 0 Å². The molecule has 5 nitrogen and oxygen atoms in total. The zero-order valence-corrected chi connectivity index (χ0v) is 8.25. The molecule has 1 fully saturated rings. The molecule has 76 valence electrons. The first-order valence-electron chi connectivity index (χ1n) is 4.35. The molecule has 1 N–H and O–H groups in total. The number of nitrogens with zero attached hydrogens (tertiary/aromatic N) is 2. The van der Waals surface area contributed by atoms with E-state index in [0.717, 1.165) is 0 Å². The van der Waals surface area contributed by atoms with E-state index in [2.05, 4.69) is 10.2 Å². The van der Waals surface area contributed by atoms with Crippen LogP contribution in [0.2, 0.25) is 5.15 Å². The molecule has 0 bridgehead atoms. The van der Waals surface area contributed by atoms with E-state index < -0.39 is 0 Å². The van der Waals surface area contributed by atoms with Gasteiger partial charge < -0.3 is 9.64 Å². The van der Waals surface area contributed by atoms with Crippen LogP contribution in [0.15, 0.2) is 11.0 Å². The topological polar surface area (TPSA) is 58.2 Å². The molecule has 0 aromatic carbocycles. The molecule has 0 unspecified atom stereocenters. The molecule has 1 aliphatic rings. The number of hydrogen-bond acceptors (Lipinski definition) is 4. The predicted molar refractivity (Wildman–Crippen MR) is 52.9 cm³/mol. The lowest BCUT2D eigenvalue weighted by molar-refractivity contribution is 0.122. The van der Waals surface area contributed by atoms with Crippen LogP contribution in [0.5, 0.6) is 0 Å². The maximum absolute atomic E-state index is 11.6. The molecule has 2 rings (SSSR count). The highest BCUT2D eigenvalue weighted by Gasteiger charge is 2.15. The Labute approximate surface area is 85.6 Å². The van der Waals surface area contributed by atoms with Crippen LogP contribution in [0, 0.1) is 0 Å². The van der Waals surface area contributed by atoms with Crippen molar-refractivity contribution < 1.29 is 4.74 Å². The normalized spacial score (nSPS) is 17.1. The largest absolute Gasteiger partial charge is 0.378 e. The standard InChI is InChI=1S/C8H10ClN3O2/c9-8-7(13)6(5-10-11-8)12-1-3-14-4-2-12/h5H,1-4H2,(H,10,13). The number of anilines is 1. The molecule has 0 radical (unpaired) electrons. The van der Waals surface area contributed by atoms with Crippen molar-refractivity contribution in [3.8, 4) is 0 Å². The maximum atomic E-state index is 11.6. The average Bonchev–Trinajstić information content (AvgIpc) is 2.23. The van der Waals surface area contributed by atoms with Gasteiger partial charge >= 0.3 is 0 Å². The van der Waals surface area contributed by atoms with Crippen molar-refractivity contribution in [2.75, 3.05) is 31.2 Å². The van der Waals surface area contributed by atoms with Gasteiger partial charge in [0.1, 0.15) is 5.69 Å². The van der Waals surface area contributed by atoms with Gasteiger partial charge in [-0.3, -0.25) is 9.89 Å². The summed E-state index contributed by atoms with van der Waals surface area (Å²) in [6, 6.07) is 0. The lowest BCUT2D eigenvalue weighted by Crippen LogP contribution is -2.39. The second-order valence-corrected chi connectivity index (χ2v) is 3.35. The Hall–Kier alpha value is -1.07. The van der Waals surface area contributed by atoms with E-state index in [9.17, 15) is 4.79 Å². The molecular weight excluding hydrogens is 206 g/mol. The lowest BCUT2D eigenvalue weighted by atomic mass is 10.3. The minimum Gasteiger partial charge on any atom is -0.378 e. The van der Waals surface area contributed by atoms with Crippen LogP contribution < -0.4 is 10.3 Å². The summed E-state index contributed by atoms with van der Waals surface area (Å²) < 4.78 is 5.19. The summed E-state index contributed by atoms with van der Waals surface area (Å²) in [6.45, 7) is 2.70. The van der Waals surface area contributed by atoms with Gasteiger partial charge in [-0.2, -0.15) is 5.10 Å². The fraction of sp³-hybridized carbons (Fsp3) is 0.500. The van der Waals surface area contributed by atoms with Crippen LogP contribution in [0.3, 0.4) is 0 Å². The number of aromatic amines is 1. The number of morpholine rings is 1. The predicted octanol–water partition coefficient (Wildman–Crippen LogP) is 0.260. The minimum atomic E-state index is -0.229. The smallest absolute Gasteiger partial charge is 0.242 e. The second-order valence-electron chi connectivity index (χ2n) is 2.99. The van der Waals surface area contributed by atoms with Crippen LogP contribution >= 0.6 is 11.6 Å². The highest BCUT2D eigenvalue weighted by Crippen LogP contribution is 2.10. The summed E-state index contributed by atoms with van der Waals surface area (Å²) in [4.78, 5) is 13.5. The van der Waals surface area contributed by atoms with E-state index in [1.54, 1.807) is 6.20 Å². The average molecular weight is 216 g/mol. The molecule has 2 heterocycles. The van der Waals surface area contributed by atoms with Gasteiger partial charge in [0.2, 0.25) is 5.43 Å². The van der Waals surface area contributed by atoms with Gasteiger partial charge in [-0.25, -0.2) is 0 Å². The van der Waals surface area contributed by atoms with E-state index in [-0.39, 0.29) is 10.6 Å². The third kappa shape index (κ3) is 1.73. The molecule has 1 aromatic rings. The van der Waals surface area contributed by atoms with Crippen LogP contribution in [0.4, 0.5) is 5.69 Å². The van der Waals surface area contributed by atoms with Crippen LogP contribution in [0.25, 0.3) is 0 Å². The van der Waals surface area contributed by atoms with E-state index in [4.69, 9.17) is 16.3 Å². The zero-order valence-electron chi connectivity index (χ0n) is 7.49.